The van der Waals surface area contributed by atoms with Crippen molar-refractivity contribution in [2.75, 3.05) is 39.6 Å². The molecule has 0 rings (SSSR count). The quantitative estimate of drug-likeness (QED) is 0.0222. The predicted octanol–water partition coefficient (Wildman–Crippen LogP) is 22.1. The Morgan fingerprint density at radius 1 is 0.298 bits per heavy atom. The van der Waals surface area contributed by atoms with E-state index in [0.29, 0.717) is 25.7 Å². The highest BCUT2D eigenvalue weighted by Crippen LogP contribution is 2.45. The van der Waals surface area contributed by atoms with Gasteiger partial charge in [0.1, 0.15) is 19.3 Å². The Bertz CT molecular complexity index is 1810. The fourth-order valence-electron chi connectivity index (χ4n) is 11.5. The van der Waals surface area contributed by atoms with Crippen LogP contribution in [0.3, 0.4) is 0 Å². The van der Waals surface area contributed by atoms with Crippen molar-refractivity contribution in [2.45, 2.75) is 412 Å². The largest absolute Gasteiger partial charge is 0.472 e. The van der Waals surface area contributed by atoms with Gasteiger partial charge in [0.05, 0.1) is 26.4 Å². The van der Waals surface area contributed by atoms with E-state index in [1.807, 2.05) is 0 Å². The smallest absolute Gasteiger partial charge is 0.462 e. The van der Waals surface area contributed by atoms with Crippen LogP contribution in [0.2, 0.25) is 0 Å². The van der Waals surface area contributed by atoms with E-state index in [1.54, 1.807) is 0 Å². The second-order valence-electron chi connectivity index (χ2n) is 27.3. The van der Waals surface area contributed by atoms with E-state index in [0.717, 1.165) is 102 Å². The van der Waals surface area contributed by atoms with Crippen molar-refractivity contribution in [1.82, 2.24) is 0 Å². The molecule has 0 saturated heterocycles. The lowest BCUT2D eigenvalue weighted by molar-refractivity contribution is -0.161. The van der Waals surface area contributed by atoms with E-state index in [-0.39, 0.29) is 25.7 Å². The molecular formula is C75H146O17P2. The summed E-state index contributed by atoms with van der Waals surface area (Å²) in [5.41, 5.74) is 0. The third-order valence-corrected chi connectivity index (χ3v) is 19.8. The van der Waals surface area contributed by atoms with Gasteiger partial charge in [0.25, 0.3) is 0 Å². The van der Waals surface area contributed by atoms with Crippen LogP contribution in [0.5, 0.6) is 0 Å². The van der Waals surface area contributed by atoms with Crippen molar-refractivity contribution >= 4 is 39.5 Å². The van der Waals surface area contributed by atoms with Gasteiger partial charge in [0, 0.05) is 25.7 Å². The highest BCUT2D eigenvalue weighted by atomic mass is 31.2. The summed E-state index contributed by atoms with van der Waals surface area (Å²) in [6, 6.07) is 0. The maximum absolute atomic E-state index is 13.1. The topological polar surface area (TPSA) is 237 Å². The molecule has 0 aliphatic rings. The number of ether oxygens (including phenoxy) is 4. The number of hydrogen-bond acceptors (Lipinski definition) is 15. The van der Waals surface area contributed by atoms with E-state index >= 15 is 0 Å². The molecule has 19 heteroatoms. The molecule has 0 aromatic heterocycles. The Morgan fingerprint density at radius 3 is 0.755 bits per heavy atom. The van der Waals surface area contributed by atoms with Crippen molar-refractivity contribution in [3.05, 3.63) is 0 Å². The zero-order valence-corrected chi connectivity index (χ0v) is 62.9. The fourth-order valence-corrected chi connectivity index (χ4v) is 13.1. The molecule has 0 bridgehead atoms. The van der Waals surface area contributed by atoms with E-state index in [9.17, 15) is 43.2 Å². The second-order valence-corrected chi connectivity index (χ2v) is 30.2. The summed E-state index contributed by atoms with van der Waals surface area (Å²) >= 11 is 0. The molecule has 0 aromatic carbocycles. The van der Waals surface area contributed by atoms with Crippen LogP contribution in [0.25, 0.3) is 0 Å². The molecular weight excluding hydrogens is 1230 g/mol. The van der Waals surface area contributed by atoms with Crippen molar-refractivity contribution in [1.29, 1.82) is 0 Å². The maximum Gasteiger partial charge on any atom is 0.472 e. The van der Waals surface area contributed by atoms with Gasteiger partial charge >= 0.3 is 39.5 Å². The lowest BCUT2D eigenvalue weighted by atomic mass is 9.99. The van der Waals surface area contributed by atoms with Crippen LogP contribution in [0.1, 0.15) is 394 Å². The number of esters is 4. The van der Waals surface area contributed by atoms with Gasteiger partial charge in [-0.05, 0) is 31.6 Å². The Balaban J connectivity index is 5.17. The number of carbonyl (C=O) groups excluding carboxylic acids is 4. The predicted molar refractivity (Wildman–Crippen MR) is 382 cm³/mol. The highest BCUT2D eigenvalue weighted by molar-refractivity contribution is 7.47. The number of phosphoric acid groups is 2. The van der Waals surface area contributed by atoms with E-state index in [4.69, 9.17) is 37.0 Å². The molecule has 0 heterocycles. The number of hydrogen-bond donors (Lipinski definition) is 3. The molecule has 6 atom stereocenters. The SMILES string of the molecule is CCCCCCCCCCCCCCCCCCCCCCCC(=O)O[C@H](COC(=O)CCCCCCCCCCCCCCC)COP(=O)(O)OC[C@@H](O)COP(=O)(O)OC[C@@H](COC(=O)CCCCCCCCCC)OC(=O)CCCCCCCCCCC(C)CC. The van der Waals surface area contributed by atoms with Crippen LogP contribution in [-0.2, 0) is 65.4 Å². The van der Waals surface area contributed by atoms with Crippen molar-refractivity contribution in [2.24, 2.45) is 5.92 Å². The van der Waals surface area contributed by atoms with E-state index in [1.165, 1.54) is 212 Å². The molecule has 0 fully saturated rings. The van der Waals surface area contributed by atoms with Gasteiger partial charge in [-0.3, -0.25) is 37.3 Å². The normalized spacial score (nSPS) is 14.3. The van der Waals surface area contributed by atoms with Gasteiger partial charge in [-0.2, -0.15) is 0 Å². The van der Waals surface area contributed by atoms with Crippen LogP contribution in [0, 0.1) is 5.92 Å². The first-order chi connectivity index (χ1) is 45.6. The van der Waals surface area contributed by atoms with E-state index in [2.05, 4.69) is 34.6 Å². The number of aliphatic hydroxyl groups excluding tert-OH is 1. The number of unbranched alkanes of at least 4 members (excludes halogenated alkanes) is 46. The van der Waals surface area contributed by atoms with Gasteiger partial charge in [0.2, 0.25) is 0 Å². The summed E-state index contributed by atoms with van der Waals surface area (Å²) in [6.45, 7) is 7.25. The lowest BCUT2D eigenvalue weighted by Crippen LogP contribution is -2.30. The standard InChI is InChI=1S/C75H146O17P2/c1-6-10-13-16-19-22-24-26-27-28-29-30-31-32-33-35-37-39-45-50-55-60-74(79)91-71(65-86-73(78)59-54-49-44-38-36-34-25-23-20-17-14-11-7-2)67-90-94(83,84)88-63-69(76)62-87-93(81,82)89-66-70(64-85-72(77)58-53-48-43-21-18-15-12-8-3)92-75(80)61-56-51-46-41-40-42-47-52-57-68(5)9-4/h68-71,76H,6-67H2,1-5H3,(H,81,82)(H,83,84)/t68?,69-,70+,71+/m0/s1. The Labute approximate surface area is 575 Å². The fraction of sp³-hybridized carbons (Fsp3) is 0.947. The number of rotatable bonds is 75. The summed E-state index contributed by atoms with van der Waals surface area (Å²) in [5, 5.41) is 10.6. The summed E-state index contributed by atoms with van der Waals surface area (Å²) in [6.07, 6.45) is 57.0. The number of carbonyl (C=O) groups is 4. The number of phosphoric ester groups is 2. The first-order valence-electron chi connectivity index (χ1n) is 39.2. The molecule has 0 aliphatic heterocycles. The average molecular weight is 1380 g/mol. The Kier molecular flexibility index (Phi) is 66.8. The minimum Gasteiger partial charge on any atom is -0.462 e. The van der Waals surface area contributed by atoms with E-state index < -0.39 is 97.5 Å². The van der Waals surface area contributed by atoms with Crippen LogP contribution in [-0.4, -0.2) is 96.7 Å². The van der Waals surface area contributed by atoms with Crippen molar-refractivity contribution in [3.63, 3.8) is 0 Å². The lowest BCUT2D eigenvalue weighted by Gasteiger charge is -2.21. The summed E-state index contributed by atoms with van der Waals surface area (Å²) in [7, 11) is -9.90. The number of aliphatic hydroxyl groups is 1. The summed E-state index contributed by atoms with van der Waals surface area (Å²) < 4.78 is 68.4. The third kappa shape index (κ3) is 67.3. The molecule has 17 nitrogen and oxygen atoms in total. The first-order valence-corrected chi connectivity index (χ1v) is 42.2. The first kappa shape index (κ1) is 92.1. The van der Waals surface area contributed by atoms with Crippen molar-refractivity contribution < 1.29 is 80.2 Å². The average Bonchev–Trinajstić information content (AvgIpc) is 1.39. The molecule has 3 unspecified atom stereocenters. The van der Waals surface area contributed by atoms with Gasteiger partial charge in [0.15, 0.2) is 12.2 Å². The summed E-state index contributed by atoms with van der Waals surface area (Å²) in [5.74, 6) is -1.35. The van der Waals surface area contributed by atoms with Gasteiger partial charge in [-0.25, -0.2) is 9.13 Å². The maximum atomic E-state index is 13.1. The van der Waals surface area contributed by atoms with Gasteiger partial charge in [-0.1, -0.05) is 343 Å². The molecule has 0 radical (unpaired) electrons. The third-order valence-electron chi connectivity index (χ3n) is 17.9. The molecule has 0 spiro atoms. The van der Waals surface area contributed by atoms with Crippen LogP contribution >= 0.6 is 15.6 Å². The molecule has 0 aromatic rings. The van der Waals surface area contributed by atoms with Crippen LogP contribution < -0.4 is 0 Å². The van der Waals surface area contributed by atoms with Gasteiger partial charge in [-0.15, -0.1) is 0 Å². The highest BCUT2D eigenvalue weighted by Gasteiger charge is 2.30. The molecule has 558 valence electrons. The van der Waals surface area contributed by atoms with Gasteiger partial charge < -0.3 is 33.8 Å². The molecule has 0 aliphatic carbocycles. The van der Waals surface area contributed by atoms with Crippen molar-refractivity contribution in [3.8, 4) is 0 Å². The minimum atomic E-state index is -4.95. The zero-order chi connectivity index (χ0) is 69.1. The monoisotopic (exact) mass is 1380 g/mol. The van der Waals surface area contributed by atoms with Crippen LogP contribution in [0.4, 0.5) is 0 Å². The van der Waals surface area contributed by atoms with Crippen LogP contribution in [0.15, 0.2) is 0 Å². The Morgan fingerprint density at radius 2 is 0.511 bits per heavy atom. The second kappa shape index (κ2) is 68.2. The minimum absolute atomic E-state index is 0.105. The molecule has 0 saturated carbocycles. The Hall–Kier alpha value is -1.94. The zero-order valence-electron chi connectivity index (χ0n) is 61.1. The molecule has 94 heavy (non-hydrogen) atoms. The summed E-state index contributed by atoms with van der Waals surface area (Å²) in [4.78, 5) is 72.6. The molecule has 0 amide bonds. The molecule has 3 N–H and O–H groups in total.